The lowest BCUT2D eigenvalue weighted by Gasteiger charge is -2.08. The Morgan fingerprint density at radius 3 is 2.56 bits per heavy atom. The molecule has 1 rings (SSSR count). The molecule has 0 heterocycles. The maximum Gasteiger partial charge on any atom is 0.339 e. The molecular weight excluding hydrogens is 223 g/mol. The predicted octanol–water partition coefficient (Wildman–Crippen LogP) is 2.42. The molecular formula is C10H6F3NO2. The van der Waals surface area contributed by atoms with Crippen LogP contribution in [0.4, 0.5) is 13.2 Å². The molecule has 0 N–H and O–H groups in total. The highest BCUT2D eigenvalue weighted by atomic mass is 19.3. The molecule has 0 fully saturated rings. The van der Waals surface area contributed by atoms with Crippen LogP contribution in [0.25, 0.3) is 0 Å². The van der Waals surface area contributed by atoms with Gasteiger partial charge < -0.3 is 4.74 Å². The van der Waals surface area contributed by atoms with Gasteiger partial charge in [0, 0.05) is 5.56 Å². The van der Waals surface area contributed by atoms with Gasteiger partial charge in [-0.05, 0) is 12.1 Å². The highest BCUT2D eigenvalue weighted by molar-refractivity contribution is 5.94. The largest absolute Gasteiger partial charge is 0.465 e. The second-order valence-electron chi connectivity index (χ2n) is 2.82. The van der Waals surface area contributed by atoms with Gasteiger partial charge >= 0.3 is 5.97 Å². The first-order valence-electron chi connectivity index (χ1n) is 4.11. The van der Waals surface area contributed by atoms with Crippen LogP contribution in [0.15, 0.2) is 12.1 Å². The van der Waals surface area contributed by atoms with Crippen LogP contribution in [-0.2, 0) is 4.74 Å². The van der Waals surface area contributed by atoms with E-state index in [-0.39, 0.29) is 0 Å². The first-order chi connectivity index (χ1) is 7.51. The van der Waals surface area contributed by atoms with E-state index in [2.05, 4.69) is 4.74 Å². The third-order valence-corrected chi connectivity index (χ3v) is 1.88. The summed E-state index contributed by atoms with van der Waals surface area (Å²) in [7, 11) is 0.988. The number of hydrogen-bond acceptors (Lipinski definition) is 3. The Labute approximate surface area is 89.1 Å². The van der Waals surface area contributed by atoms with Crippen molar-refractivity contribution in [3.8, 4) is 6.07 Å². The molecule has 1 aromatic rings. The molecule has 0 aliphatic rings. The van der Waals surface area contributed by atoms with Crippen molar-refractivity contribution in [2.24, 2.45) is 0 Å². The fourth-order valence-electron chi connectivity index (χ4n) is 1.22. The number of carbonyl (C=O) groups is 1. The Kier molecular flexibility index (Phi) is 3.51. The second-order valence-corrected chi connectivity index (χ2v) is 2.82. The first kappa shape index (κ1) is 12.0. The number of nitriles is 1. The van der Waals surface area contributed by atoms with Crippen molar-refractivity contribution in [3.05, 3.63) is 34.6 Å². The first-order valence-corrected chi connectivity index (χ1v) is 4.11. The van der Waals surface area contributed by atoms with Crippen molar-refractivity contribution < 1.29 is 22.7 Å². The van der Waals surface area contributed by atoms with Gasteiger partial charge in [0.2, 0.25) is 0 Å². The van der Waals surface area contributed by atoms with E-state index in [0.717, 1.165) is 7.11 Å². The standard InChI is InChI=1S/C10H6F3NO2/c1-16-10(15)8-5(4-14)2-6(11)3-7(8)9(12)13/h2-3,9H,1H3. The molecule has 3 nitrogen and oxygen atoms in total. The molecule has 0 saturated carbocycles. The maximum atomic E-state index is 12.9. The highest BCUT2D eigenvalue weighted by Gasteiger charge is 2.24. The Balaban J connectivity index is 3.53. The van der Waals surface area contributed by atoms with Crippen LogP contribution in [-0.4, -0.2) is 13.1 Å². The number of methoxy groups -OCH3 is 1. The molecule has 0 aliphatic carbocycles. The molecule has 0 unspecified atom stereocenters. The smallest absolute Gasteiger partial charge is 0.339 e. The molecule has 0 spiro atoms. The van der Waals surface area contributed by atoms with Crippen LogP contribution < -0.4 is 0 Å². The minimum Gasteiger partial charge on any atom is -0.465 e. The molecule has 0 amide bonds. The SMILES string of the molecule is COC(=O)c1c(C#N)cc(F)cc1C(F)F. The molecule has 1 aromatic carbocycles. The van der Waals surface area contributed by atoms with Crippen LogP contribution in [0.5, 0.6) is 0 Å². The van der Waals surface area contributed by atoms with Crippen molar-refractivity contribution in [3.63, 3.8) is 0 Å². The van der Waals surface area contributed by atoms with Crippen LogP contribution in [0.2, 0.25) is 0 Å². The van der Waals surface area contributed by atoms with E-state index in [4.69, 9.17) is 5.26 Å². The van der Waals surface area contributed by atoms with Gasteiger partial charge in [-0.15, -0.1) is 0 Å². The molecule has 84 valence electrons. The van der Waals surface area contributed by atoms with E-state index < -0.39 is 34.9 Å². The highest BCUT2D eigenvalue weighted by Crippen LogP contribution is 2.27. The fourth-order valence-corrected chi connectivity index (χ4v) is 1.22. The zero-order valence-electron chi connectivity index (χ0n) is 8.13. The molecule has 0 radical (unpaired) electrons. The minimum absolute atomic E-state index is 0.470. The predicted molar refractivity (Wildman–Crippen MR) is 47.4 cm³/mol. The van der Waals surface area contributed by atoms with Crippen LogP contribution in [0.1, 0.15) is 27.9 Å². The lowest BCUT2D eigenvalue weighted by atomic mass is 10.0. The summed E-state index contributed by atoms with van der Waals surface area (Å²) in [6.45, 7) is 0. The molecule has 0 bridgehead atoms. The van der Waals surface area contributed by atoms with Gasteiger partial charge in [-0.25, -0.2) is 18.0 Å². The van der Waals surface area contributed by atoms with E-state index in [1.54, 1.807) is 0 Å². The molecule has 0 aliphatic heterocycles. The van der Waals surface area contributed by atoms with Gasteiger partial charge in [-0.1, -0.05) is 0 Å². The molecule has 0 atom stereocenters. The van der Waals surface area contributed by atoms with Gasteiger partial charge in [-0.2, -0.15) is 5.26 Å². The quantitative estimate of drug-likeness (QED) is 0.731. The van der Waals surface area contributed by atoms with E-state index in [0.29, 0.717) is 12.1 Å². The number of esters is 1. The summed E-state index contributed by atoms with van der Waals surface area (Å²) in [5, 5.41) is 8.62. The fraction of sp³-hybridized carbons (Fsp3) is 0.200. The van der Waals surface area contributed by atoms with Crippen molar-refractivity contribution >= 4 is 5.97 Å². The molecule has 16 heavy (non-hydrogen) atoms. The van der Waals surface area contributed by atoms with Crippen LogP contribution >= 0.6 is 0 Å². The van der Waals surface area contributed by atoms with Crippen molar-refractivity contribution in [2.75, 3.05) is 7.11 Å². The van der Waals surface area contributed by atoms with Crippen molar-refractivity contribution in [1.29, 1.82) is 5.26 Å². The average Bonchev–Trinajstić information content (AvgIpc) is 2.26. The Morgan fingerprint density at radius 1 is 1.50 bits per heavy atom. The summed E-state index contributed by atoms with van der Waals surface area (Å²) in [5.41, 5.74) is -1.91. The maximum absolute atomic E-state index is 12.9. The van der Waals surface area contributed by atoms with E-state index in [9.17, 15) is 18.0 Å². The van der Waals surface area contributed by atoms with Crippen LogP contribution in [0.3, 0.4) is 0 Å². The zero-order chi connectivity index (χ0) is 12.3. The zero-order valence-corrected chi connectivity index (χ0v) is 8.13. The topological polar surface area (TPSA) is 50.1 Å². The average molecular weight is 229 g/mol. The summed E-state index contributed by atoms with van der Waals surface area (Å²) >= 11 is 0. The van der Waals surface area contributed by atoms with Crippen LogP contribution in [0, 0.1) is 17.1 Å². The number of hydrogen-bond donors (Lipinski definition) is 0. The normalized spacial score (nSPS) is 10.0. The summed E-state index contributed by atoms with van der Waals surface area (Å²) in [6.07, 6.45) is -3.06. The van der Waals surface area contributed by atoms with Gasteiger partial charge in [0.25, 0.3) is 6.43 Å². The summed E-state index contributed by atoms with van der Waals surface area (Å²) in [4.78, 5) is 11.2. The third-order valence-electron chi connectivity index (χ3n) is 1.88. The summed E-state index contributed by atoms with van der Waals surface area (Å²) in [5.74, 6) is -2.09. The molecule has 6 heteroatoms. The lowest BCUT2D eigenvalue weighted by Crippen LogP contribution is -2.09. The number of halogens is 3. The summed E-state index contributed by atoms with van der Waals surface area (Å²) < 4.78 is 42.2. The van der Waals surface area contributed by atoms with E-state index in [1.807, 2.05) is 0 Å². The Hall–Kier alpha value is -2.03. The van der Waals surface area contributed by atoms with E-state index in [1.165, 1.54) is 6.07 Å². The van der Waals surface area contributed by atoms with Crippen molar-refractivity contribution in [2.45, 2.75) is 6.43 Å². The van der Waals surface area contributed by atoms with Gasteiger partial charge in [0.15, 0.2) is 0 Å². The van der Waals surface area contributed by atoms with Crippen molar-refractivity contribution in [1.82, 2.24) is 0 Å². The Bertz CT molecular complexity index is 466. The van der Waals surface area contributed by atoms with Gasteiger partial charge in [-0.3, -0.25) is 0 Å². The molecule has 0 aromatic heterocycles. The van der Waals surface area contributed by atoms with E-state index >= 15 is 0 Å². The number of rotatable bonds is 2. The number of alkyl halides is 2. The Morgan fingerprint density at radius 2 is 2.12 bits per heavy atom. The second kappa shape index (κ2) is 4.66. The monoisotopic (exact) mass is 229 g/mol. The van der Waals surface area contributed by atoms with Gasteiger partial charge in [0.1, 0.15) is 11.9 Å². The lowest BCUT2D eigenvalue weighted by molar-refractivity contribution is 0.0588. The number of benzene rings is 1. The minimum atomic E-state index is -3.06. The number of carbonyl (C=O) groups excluding carboxylic acids is 1. The number of nitrogens with zero attached hydrogens (tertiary/aromatic N) is 1. The summed E-state index contributed by atoms with van der Waals surface area (Å²) in [6, 6.07) is 2.69. The van der Waals surface area contributed by atoms with Gasteiger partial charge in [0.05, 0.1) is 18.2 Å². The molecule has 0 saturated heterocycles. The third kappa shape index (κ3) is 2.14. The number of ether oxygens (including phenoxy) is 1.